The van der Waals surface area contributed by atoms with E-state index in [-0.39, 0.29) is 23.6 Å². The summed E-state index contributed by atoms with van der Waals surface area (Å²) in [5.74, 6) is -0.352. The highest BCUT2D eigenvalue weighted by Gasteiger charge is 2.43. The SMILES string of the molecule is O=C(NC1(CO)CC1)c1cc(=O)c2ccccc2[nH]1. The zero-order valence-corrected chi connectivity index (χ0v) is 10.3. The van der Waals surface area contributed by atoms with Crippen LogP contribution in [-0.2, 0) is 0 Å². The van der Waals surface area contributed by atoms with Crippen LogP contribution in [0.15, 0.2) is 35.1 Å². The van der Waals surface area contributed by atoms with Crippen molar-refractivity contribution in [2.45, 2.75) is 18.4 Å². The molecule has 1 heterocycles. The first-order chi connectivity index (χ1) is 9.13. The van der Waals surface area contributed by atoms with Gasteiger partial charge in [-0.15, -0.1) is 0 Å². The molecule has 3 N–H and O–H groups in total. The number of rotatable bonds is 3. The molecule has 1 amide bonds. The molecule has 1 fully saturated rings. The summed E-state index contributed by atoms with van der Waals surface area (Å²) in [5, 5.41) is 12.5. The second-order valence-electron chi connectivity index (χ2n) is 4.99. The fourth-order valence-electron chi connectivity index (χ4n) is 2.10. The Morgan fingerprint density at radius 2 is 2.11 bits per heavy atom. The van der Waals surface area contributed by atoms with Gasteiger partial charge >= 0.3 is 0 Å². The van der Waals surface area contributed by atoms with E-state index in [1.165, 1.54) is 6.07 Å². The van der Waals surface area contributed by atoms with Gasteiger partial charge in [-0.2, -0.15) is 0 Å². The third kappa shape index (κ3) is 2.13. The second kappa shape index (κ2) is 4.20. The molecule has 1 aromatic heterocycles. The van der Waals surface area contributed by atoms with E-state index < -0.39 is 5.54 Å². The number of para-hydroxylation sites is 1. The number of nitrogens with one attached hydrogen (secondary N) is 2. The Bertz CT molecular complexity index is 701. The smallest absolute Gasteiger partial charge is 0.268 e. The highest BCUT2D eigenvalue weighted by atomic mass is 16.3. The van der Waals surface area contributed by atoms with Crippen LogP contribution >= 0.6 is 0 Å². The molecule has 2 aromatic rings. The Balaban J connectivity index is 1.97. The molecule has 0 saturated heterocycles. The lowest BCUT2D eigenvalue weighted by Gasteiger charge is -2.14. The topological polar surface area (TPSA) is 82.2 Å². The van der Waals surface area contributed by atoms with Crippen LogP contribution in [-0.4, -0.2) is 28.1 Å². The van der Waals surface area contributed by atoms with Crippen molar-refractivity contribution < 1.29 is 9.90 Å². The number of fused-ring (bicyclic) bond motifs is 1. The molecule has 1 aliphatic carbocycles. The van der Waals surface area contributed by atoms with Crippen molar-refractivity contribution in [1.29, 1.82) is 0 Å². The molecule has 5 heteroatoms. The summed E-state index contributed by atoms with van der Waals surface area (Å²) in [7, 11) is 0. The predicted molar refractivity (Wildman–Crippen MR) is 71.1 cm³/mol. The second-order valence-corrected chi connectivity index (χ2v) is 4.99. The Kier molecular flexibility index (Phi) is 2.64. The summed E-state index contributed by atoms with van der Waals surface area (Å²) >= 11 is 0. The van der Waals surface area contributed by atoms with Gasteiger partial charge in [-0.3, -0.25) is 9.59 Å². The standard InChI is InChI=1S/C14H14N2O3/c17-8-14(5-6-14)16-13(19)11-7-12(18)9-3-1-2-4-10(9)15-11/h1-4,7,17H,5-6,8H2,(H,15,18)(H,16,19). The number of hydrogen-bond acceptors (Lipinski definition) is 3. The minimum Gasteiger partial charge on any atom is -0.394 e. The molecule has 1 saturated carbocycles. The first kappa shape index (κ1) is 11.9. The fourth-order valence-corrected chi connectivity index (χ4v) is 2.10. The third-order valence-electron chi connectivity index (χ3n) is 3.52. The van der Waals surface area contributed by atoms with E-state index in [1.807, 2.05) is 0 Å². The van der Waals surface area contributed by atoms with Crippen molar-refractivity contribution >= 4 is 16.8 Å². The summed E-state index contributed by atoms with van der Waals surface area (Å²) in [6, 6.07) is 8.35. The van der Waals surface area contributed by atoms with E-state index in [2.05, 4.69) is 10.3 Å². The van der Waals surface area contributed by atoms with Crippen LogP contribution in [0.25, 0.3) is 10.9 Å². The lowest BCUT2D eigenvalue weighted by molar-refractivity contribution is 0.0902. The molecule has 98 valence electrons. The quantitative estimate of drug-likeness (QED) is 0.761. The average molecular weight is 258 g/mol. The Labute approximate surface area is 109 Å². The summed E-state index contributed by atoms with van der Waals surface area (Å²) in [5.41, 5.74) is 0.186. The molecule has 19 heavy (non-hydrogen) atoms. The van der Waals surface area contributed by atoms with Crippen molar-refractivity contribution in [2.75, 3.05) is 6.61 Å². The van der Waals surface area contributed by atoms with E-state index in [0.29, 0.717) is 10.9 Å². The van der Waals surface area contributed by atoms with E-state index >= 15 is 0 Å². The first-order valence-corrected chi connectivity index (χ1v) is 6.19. The number of carbonyl (C=O) groups is 1. The monoisotopic (exact) mass is 258 g/mol. The van der Waals surface area contributed by atoms with Gasteiger partial charge in [0.1, 0.15) is 5.69 Å². The van der Waals surface area contributed by atoms with Gasteiger partial charge in [-0.1, -0.05) is 12.1 Å². The molecule has 3 rings (SSSR count). The number of H-pyrrole nitrogens is 1. The van der Waals surface area contributed by atoms with Gasteiger partial charge in [0.15, 0.2) is 5.43 Å². The maximum absolute atomic E-state index is 12.1. The minimum atomic E-state index is -0.486. The third-order valence-corrected chi connectivity index (χ3v) is 3.52. The van der Waals surface area contributed by atoms with E-state index in [0.717, 1.165) is 12.8 Å². The van der Waals surface area contributed by atoms with Gasteiger partial charge in [0.2, 0.25) is 0 Å². The predicted octanol–water partition coefficient (Wildman–Crippen LogP) is 0.783. The summed E-state index contributed by atoms with van der Waals surface area (Å²) in [6.07, 6.45) is 1.54. The first-order valence-electron chi connectivity index (χ1n) is 6.19. The zero-order valence-electron chi connectivity index (χ0n) is 10.3. The number of benzene rings is 1. The number of pyridine rings is 1. The lowest BCUT2D eigenvalue weighted by atomic mass is 10.2. The minimum absolute atomic E-state index is 0.0729. The molecule has 0 atom stereocenters. The Hall–Kier alpha value is -2.14. The van der Waals surface area contributed by atoms with Crippen LogP contribution in [0.3, 0.4) is 0 Å². The zero-order chi connectivity index (χ0) is 13.5. The van der Waals surface area contributed by atoms with Gasteiger partial charge in [-0.25, -0.2) is 0 Å². The van der Waals surface area contributed by atoms with Crippen molar-refractivity contribution in [1.82, 2.24) is 10.3 Å². The van der Waals surface area contributed by atoms with Crippen molar-refractivity contribution in [3.8, 4) is 0 Å². The van der Waals surface area contributed by atoms with E-state index in [1.54, 1.807) is 24.3 Å². The number of carbonyl (C=O) groups excluding carboxylic acids is 1. The van der Waals surface area contributed by atoms with Crippen LogP contribution in [0.4, 0.5) is 0 Å². The number of hydrogen-bond donors (Lipinski definition) is 3. The van der Waals surface area contributed by atoms with Crippen LogP contribution in [0.1, 0.15) is 23.3 Å². The van der Waals surface area contributed by atoms with Crippen LogP contribution < -0.4 is 10.7 Å². The molecule has 0 bridgehead atoms. The largest absolute Gasteiger partial charge is 0.394 e. The van der Waals surface area contributed by atoms with Crippen molar-refractivity contribution in [3.05, 3.63) is 46.2 Å². The number of aromatic amines is 1. The summed E-state index contributed by atoms with van der Waals surface area (Å²) in [4.78, 5) is 26.9. The average Bonchev–Trinajstić information content (AvgIpc) is 3.19. The van der Waals surface area contributed by atoms with Gasteiger partial charge in [-0.05, 0) is 25.0 Å². The maximum Gasteiger partial charge on any atom is 0.268 e. The molecular weight excluding hydrogens is 244 g/mol. The van der Waals surface area contributed by atoms with E-state index in [4.69, 9.17) is 0 Å². The van der Waals surface area contributed by atoms with Crippen LogP contribution in [0.5, 0.6) is 0 Å². The van der Waals surface area contributed by atoms with Crippen molar-refractivity contribution in [2.24, 2.45) is 0 Å². The van der Waals surface area contributed by atoms with Gasteiger partial charge in [0, 0.05) is 17.0 Å². The normalized spacial score (nSPS) is 16.3. The van der Waals surface area contributed by atoms with Gasteiger partial charge < -0.3 is 15.4 Å². The number of aliphatic hydroxyl groups excluding tert-OH is 1. The van der Waals surface area contributed by atoms with E-state index in [9.17, 15) is 14.7 Å². The van der Waals surface area contributed by atoms with Crippen LogP contribution in [0, 0.1) is 0 Å². The molecule has 1 aliphatic rings. The Morgan fingerprint density at radius 1 is 1.37 bits per heavy atom. The van der Waals surface area contributed by atoms with Gasteiger partial charge in [0.05, 0.1) is 12.1 Å². The molecule has 0 spiro atoms. The number of amides is 1. The number of aliphatic hydroxyl groups is 1. The summed E-state index contributed by atoms with van der Waals surface area (Å²) < 4.78 is 0. The van der Waals surface area contributed by atoms with Crippen molar-refractivity contribution in [3.63, 3.8) is 0 Å². The van der Waals surface area contributed by atoms with Crippen LogP contribution in [0.2, 0.25) is 0 Å². The molecule has 5 nitrogen and oxygen atoms in total. The lowest BCUT2D eigenvalue weighted by Crippen LogP contribution is -2.40. The molecule has 0 unspecified atom stereocenters. The Morgan fingerprint density at radius 3 is 2.79 bits per heavy atom. The highest BCUT2D eigenvalue weighted by Crippen LogP contribution is 2.34. The summed E-state index contributed by atoms with van der Waals surface area (Å²) in [6.45, 7) is -0.0729. The molecule has 0 aliphatic heterocycles. The highest BCUT2D eigenvalue weighted by molar-refractivity contribution is 5.95. The van der Waals surface area contributed by atoms with Gasteiger partial charge in [0.25, 0.3) is 5.91 Å². The maximum atomic E-state index is 12.1. The molecule has 1 aromatic carbocycles. The molecule has 0 radical (unpaired) electrons. The number of aromatic nitrogens is 1. The molecular formula is C14H14N2O3. The fraction of sp³-hybridized carbons (Fsp3) is 0.286.